The highest BCUT2D eigenvalue weighted by atomic mass is 16.5. The number of allylic oxidation sites excluding steroid dienone is 1. The second-order valence-corrected chi connectivity index (χ2v) is 3.62. The van der Waals surface area contributed by atoms with Crippen molar-refractivity contribution < 1.29 is 14.3 Å². The molecule has 3 nitrogen and oxygen atoms in total. The van der Waals surface area contributed by atoms with Gasteiger partial charge in [-0.15, -0.1) is 0 Å². The van der Waals surface area contributed by atoms with Crippen molar-refractivity contribution in [2.75, 3.05) is 14.2 Å². The van der Waals surface area contributed by atoms with E-state index in [0.717, 1.165) is 5.57 Å². The van der Waals surface area contributed by atoms with E-state index in [2.05, 4.69) is 6.58 Å². The fourth-order valence-corrected chi connectivity index (χ4v) is 1.40. The normalized spacial score (nSPS) is 9.69. The maximum atomic E-state index is 11.9. The van der Waals surface area contributed by atoms with Gasteiger partial charge in [-0.2, -0.15) is 0 Å². The molecule has 1 aromatic carbocycles. The number of carbonyl (C=O) groups is 1. The average Bonchev–Trinajstić information content (AvgIpc) is 2.27. The third kappa shape index (κ3) is 2.86. The number of Topliss-reactive ketones (excluding diaryl/α,β-unsaturated/α-hetero) is 1. The van der Waals surface area contributed by atoms with E-state index < -0.39 is 0 Å². The SMILES string of the molecule is C=C(C)CC(=O)c1ccc(OC)cc1OC. The monoisotopic (exact) mass is 220 g/mol. The van der Waals surface area contributed by atoms with Crippen molar-refractivity contribution in [2.45, 2.75) is 13.3 Å². The first kappa shape index (κ1) is 12.3. The van der Waals surface area contributed by atoms with Crippen LogP contribution >= 0.6 is 0 Å². The molecule has 0 N–H and O–H groups in total. The van der Waals surface area contributed by atoms with Crippen LogP contribution in [0.25, 0.3) is 0 Å². The summed E-state index contributed by atoms with van der Waals surface area (Å²) in [6.07, 6.45) is 0.336. The van der Waals surface area contributed by atoms with Crippen LogP contribution in [-0.4, -0.2) is 20.0 Å². The van der Waals surface area contributed by atoms with Crippen LogP contribution in [0, 0.1) is 0 Å². The zero-order valence-electron chi connectivity index (χ0n) is 9.87. The highest BCUT2D eigenvalue weighted by molar-refractivity contribution is 6.00. The second kappa shape index (κ2) is 5.35. The van der Waals surface area contributed by atoms with E-state index >= 15 is 0 Å². The lowest BCUT2D eigenvalue weighted by Crippen LogP contribution is -2.02. The summed E-state index contributed by atoms with van der Waals surface area (Å²) in [5, 5.41) is 0. The molecule has 0 atom stereocenters. The highest BCUT2D eigenvalue weighted by Crippen LogP contribution is 2.26. The zero-order chi connectivity index (χ0) is 12.1. The second-order valence-electron chi connectivity index (χ2n) is 3.62. The number of carbonyl (C=O) groups excluding carboxylic acids is 1. The maximum Gasteiger partial charge on any atom is 0.170 e. The Kier molecular flexibility index (Phi) is 4.11. The molecule has 86 valence electrons. The molecular weight excluding hydrogens is 204 g/mol. The Morgan fingerprint density at radius 3 is 2.50 bits per heavy atom. The van der Waals surface area contributed by atoms with Crippen molar-refractivity contribution in [1.82, 2.24) is 0 Å². The largest absolute Gasteiger partial charge is 0.497 e. The third-order valence-electron chi connectivity index (χ3n) is 2.17. The van der Waals surface area contributed by atoms with E-state index in [1.807, 2.05) is 6.92 Å². The predicted molar refractivity (Wildman–Crippen MR) is 63.3 cm³/mol. The first-order chi connectivity index (χ1) is 7.58. The summed E-state index contributed by atoms with van der Waals surface area (Å²) in [7, 11) is 3.11. The molecular formula is C13H16O3. The highest BCUT2D eigenvalue weighted by Gasteiger charge is 2.12. The van der Waals surface area contributed by atoms with Crippen LogP contribution in [0.1, 0.15) is 23.7 Å². The first-order valence-electron chi connectivity index (χ1n) is 4.98. The lowest BCUT2D eigenvalue weighted by Gasteiger charge is -2.09. The van der Waals surface area contributed by atoms with Crippen LogP contribution in [0.15, 0.2) is 30.4 Å². The van der Waals surface area contributed by atoms with Gasteiger partial charge in [0.25, 0.3) is 0 Å². The molecule has 1 rings (SSSR count). The number of rotatable bonds is 5. The average molecular weight is 220 g/mol. The molecule has 0 heterocycles. The summed E-state index contributed by atoms with van der Waals surface area (Å²) in [4.78, 5) is 11.9. The molecule has 0 saturated heterocycles. The van der Waals surface area contributed by atoms with E-state index in [1.165, 1.54) is 7.11 Å². The van der Waals surface area contributed by atoms with Crippen LogP contribution < -0.4 is 9.47 Å². The van der Waals surface area contributed by atoms with Gasteiger partial charge in [0.1, 0.15) is 11.5 Å². The lowest BCUT2D eigenvalue weighted by molar-refractivity contribution is 0.0990. The first-order valence-corrected chi connectivity index (χ1v) is 4.98. The number of hydrogen-bond donors (Lipinski definition) is 0. The minimum Gasteiger partial charge on any atom is -0.497 e. The Balaban J connectivity index is 3.03. The Morgan fingerprint density at radius 2 is 2.00 bits per heavy atom. The van der Waals surface area contributed by atoms with Gasteiger partial charge in [-0.1, -0.05) is 12.2 Å². The molecule has 0 aliphatic carbocycles. The van der Waals surface area contributed by atoms with Crippen molar-refractivity contribution >= 4 is 5.78 Å². The summed E-state index contributed by atoms with van der Waals surface area (Å²) < 4.78 is 10.2. The molecule has 0 unspecified atom stereocenters. The summed E-state index contributed by atoms with van der Waals surface area (Å²) in [6, 6.07) is 5.16. The number of ether oxygens (including phenoxy) is 2. The van der Waals surface area contributed by atoms with Crippen molar-refractivity contribution in [2.24, 2.45) is 0 Å². The van der Waals surface area contributed by atoms with E-state index in [9.17, 15) is 4.79 Å². The van der Waals surface area contributed by atoms with Crippen LogP contribution in [0.2, 0.25) is 0 Å². The van der Waals surface area contributed by atoms with E-state index in [0.29, 0.717) is 23.5 Å². The zero-order valence-corrected chi connectivity index (χ0v) is 9.87. The summed E-state index contributed by atoms with van der Waals surface area (Å²) >= 11 is 0. The van der Waals surface area contributed by atoms with Crippen LogP contribution in [0.5, 0.6) is 11.5 Å². The molecule has 0 fully saturated rings. The number of methoxy groups -OCH3 is 2. The van der Waals surface area contributed by atoms with Gasteiger partial charge < -0.3 is 9.47 Å². The standard InChI is InChI=1S/C13H16O3/c1-9(2)7-12(14)11-6-5-10(15-3)8-13(11)16-4/h5-6,8H,1,7H2,2-4H3. The summed E-state index contributed by atoms with van der Waals surface area (Å²) in [6.45, 7) is 5.55. The molecule has 0 aliphatic rings. The van der Waals surface area contributed by atoms with E-state index in [1.54, 1.807) is 25.3 Å². The van der Waals surface area contributed by atoms with Crippen molar-refractivity contribution in [3.8, 4) is 11.5 Å². The van der Waals surface area contributed by atoms with Crippen LogP contribution in [-0.2, 0) is 0 Å². The van der Waals surface area contributed by atoms with Gasteiger partial charge in [0.05, 0.1) is 19.8 Å². The lowest BCUT2D eigenvalue weighted by atomic mass is 10.0. The maximum absolute atomic E-state index is 11.9. The Hall–Kier alpha value is -1.77. The quantitative estimate of drug-likeness (QED) is 0.565. The predicted octanol–water partition coefficient (Wildman–Crippen LogP) is 2.85. The van der Waals surface area contributed by atoms with Gasteiger partial charge in [0.15, 0.2) is 5.78 Å². The van der Waals surface area contributed by atoms with Crippen LogP contribution in [0.4, 0.5) is 0 Å². The van der Waals surface area contributed by atoms with Crippen molar-refractivity contribution in [3.05, 3.63) is 35.9 Å². The molecule has 3 heteroatoms. The molecule has 0 spiro atoms. The fourth-order valence-electron chi connectivity index (χ4n) is 1.40. The molecule has 1 aromatic rings. The van der Waals surface area contributed by atoms with Gasteiger partial charge in [-0.25, -0.2) is 0 Å². The molecule has 0 aliphatic heterocycles. The molecule has 16 heavy (non-hydrogen) atoms. The molecule has 0 saturated carbocycles. The van der Waals surface area contributed by atoms with Crippen molar-refractivity contribution in [3.63, 3.8) is 0 Å². The topological polar surface area (TPSA) is 35.5 Å². The summed E-state index contributed by atoms with van der Waals surface area (Å²) in [5.74, 6) is 1.21. The smallest absolute Gasteiger partial charge is 0.170 e. The number of ketones is 1. The molecule has 0 amide bonds. The number of benzene rings is 1. The minimum absolute atomic E-state index is 0.00648. The Labute approximate surface area is 95.7 Å². The van der Waals surface area contributed by atoms with E-state index in [4.69, 9.17) is 9.47 Å². The molecule has 0 bridgehead atoms. The Morgan fingerprint density at radius 1 is 1.31 bits per heavy atom. The van der Waals surface area contributed by atoms with Gasteiger partial charge >= 0.3 is 0 Å². The minimum atomic E-state index is 0.00648. The third-order valence-corrected chi connectivity index (χ3v) is 2.17. The van der Waals surface area contributed by atoms with Gasteiger partial charge in [-0.3, -0.25) is 4.79 Å². The Bertz CT molecular complexity index is 408. The van der Waals surface area contributed by atoms with Gasteiger partial charge in [0.2, 0.25) is 0 Å². The molecule has 0 radical (unpaired) electrons. The molecule has 0 aromatic heterocycles. The van der Waals surface area contributed by atoms with Gasteiger partial charge in [-0.05, 0) is 19.1 Å². The van der Waals surface area contributed by atoms with Crippen LogP contribution in [0.3, 0.4) is 0 Å². The summed E-state index contributed by atoms with van der Waals surface area (Å²) in [5.41, 5.74) is 1.40. The fraction of sp³-hybridized carbons (Fsp3) is 0.308. The van der Waals surface area contributed by atoms with E-state index in [-0.39, 0.29) is 5.78 Å². The van der Waals surface area contributed by atoms with Crippen molar-refractivity contribution in [1.29, 1.82) is 0 Å². The van der Waals surface area contributed by atoms with Gasteiger partial charge in [0, 0.05) is 12.5 Å². The number of hydrogen-bond acceptors (Lipinski definition) is 3.